The summed E-state index contributed by atoms with van der Waals surface area (Å²) in [6, 6.07) is 17.0. The Morgan fingerprint density at radius 1 is 1.12 bits per heavy atom. The lowest BCUT2D eigenvalue weighted by atomic mass is 9.74. The van der Waals surface area contributed by atoms with Crippen LogP contribution in [0.15, 0.2) is 48.5 Å². The SMILES string of the molecule is CNC(=O)C1(Cc2cccc(-c3cccc(C)c3)c2)CCCN(C(=O)CCC2CCCO2)C1. The maximum absolute atomic E-state index is 13.2. The Hall–Kier alpha value is -2.66. The zero-order chi connectivity index (χ0) is 23.3. The minimum Gasteiger partial charge on any atom is -0.378 e. The van der Waals surface area contributed by atoms with Crippen molar-refractivity contribution in [2.24, 2.45) is 5.41 Å². The van der Waals surface area contributed by atoms with Gasteiger partial charge in [0.2, 0.25) is 11.8 Å². The van der Waals surface area contributed by atoms with Crippen molar-refractivity contribution in [3.05, 3.63) is 59.7 Å². The summed E-state index contributed by atoms with van der Waals surface area (Å²) in [7, 11) is 1.70. The molecule has 0 bridgehead atoms. The molecule has 0 spiro atoms. The van der Waals surface area contributed by atoms with Crippen molar-refractivity contribution in [3.63, 3.8) is 0 Å². The second-order valence-corrected chi connectivity index (χ2v) is 9.70. The Bertz CT molecular complexity index is 983. The third-order valence-electron chi connectivity index (χ3n) is 7.16. The van der Waals surface area contributed by atoms with Crippen LogP contribution in [-0.2, 0) is 20.7 Å². The summed E-state index contributed by atoms with van der Waals surface area (Å²) in [4.78, 5) is 28.1. The first-order valence-electron chi connectivity index (χ1n) is 12.3. The number of aryl methyl sites for hydroxylation is 1. The summed E-state index contributed by atoms with van der Waals surface area (Å²) in [6.45, 7) is 4.11. The summed E-state index contributed by atoms with van der Waals surface area (Å²) in [6.07, 6.45) is 5.89. The normalized spacial score (nSPS) is 22.8. The molecule has 0 aromatic heterocycles. The van der Waals surface area contributed by atoms with Gasteiger partial charge in [0.15, 0.2) is 0 Å². The molecule has 2 amide bonds. The van der Waals surface area contributed by atoms with Crippen molar-refractivity contribution < 1.29 is 14.3 Å². The molecule has 5 heteroatoms. The van der Waals surface area contributed by atoms with Crippen molar-refractivity contribution in [2.75, 3.05) is 26.7 Å². The molecule has 0 radical (unpaired) electrons. The Morgan fingerprint density at radius 3 is 2.64 bits per heavy atom. The molecule has 33 heavy (non-hydrogen) atoms. The molecule has 2 aliphatic rings. The third kappa shape index (κ3) is 5.64. The molecule has 2 saturated heterocycles. The first kappa shape index (κ1) is 23.5. The summed E-state index contributed by atoms with van der Waals surface area (Å²) in [5.41, 5.74) is 4.09. The van der Waals surface area contributed by atoms with Crippen LogP contribution in [0.1, 0.15) is 49.7 Å². The first-order chi connectivity index (χ1) is 16.0. The number of nitrogens with one attached hydrogen (secondary N) is 1. The van der Waals surface area contributed by atoms with E-state index < -0.39 is 5.41 Å². The smallest absolute Gasteiger partial charge is 0.228 e. The standard InChI is InChI=1S/C28H36N2O3/c1-21-7-3-9-23(17-21)24-10-4-8-22(18-24)19-28(27(32)29-2)14-6-15-30(20-28)26(31)13-12-25-11-5-16-33-25/h3-4,7-10,17-18,25H,5-6,11-16,19-20H2,1-2H3,(H,29,32). The van der Waals surface area contributed by atoms with Crippen LogP contribution in [0, 0.1) is 12.3 Å². The highest BCUT2D eigenvalue weighted by Gasteiger charge is 2.43. The summed E-state index contributed by atoms with van der Waals surface area (Å²) in [5, 5.41) is 2.89. The van der Waals surface area contributed by atoms with Crippen LogP contribution < -0.4 is 5.32 Å². The van der Waals surface area contributed by atoms with Crippen LogP contribution in [0.2, 0.25) is 0 Å². The molecule has 2 heterocycles. The molecule has 176 valence electrons. The topological polar surface area (TPSA) is 58.6 Å². The van der Waals surface area contributed by atoms with Crippen molar-refractivity contribution in [1.29, 1.82) is 0 Å². The van der Waals surface area contributed by atoms with Gasteiger partial charge in [-0.25, -0.2) is 0 Å². The first-order valence-corrected chi connectivity index (χ1v) is 12.3. The van der Waals surface area contributed by atoms with E-state index in [1.807, 2.05) is 4.90 Å². The average Bonchev–Trinajstić information content (AvgIpc) is 3.36. The lowest BCUT2D eigenvalue weighted by Crippen LogP contribution is -2.54. The Labute approximate surface area is 197 Å². The molecule has 4 rings (SSSR count). The van der Waals surface area contributed by atoms with Crippen LogP contribution in [-0.4, -0.2) is 49.6 Å². The lowest BCUT2D eigenvalue weighted by Gasteiger charge is -2.42. The Kier molecular flexibility index (Phi) is 7.49. The van der Waals surface area contributed by atoms with Crippen molar-refractivity contribution >= 4 is 11.8 Å². The van der Waals surface area contributed by atoms with Gasteiger partial charge in [0, 0.05) is 33.2 Å². The zero-order valence-electron chi connectivity index (χ0n) is 19.9. The van der Waals surface area contributed by atoms with Gasteiger partial charge in [0.25, 0.3) is 0 Å². The van der Waals surface area contributed by atoms with E-state index in [4.69, 9.17) is 4.74 Å². The summed E-state index contributed by atoms with van der Waals surface area (Å²) < 4.78 is 5.69. The highest BCUT2D eigenvalue weighted by molar-refractivity contribution is 5.85. The van der Waals surface area contributed by atoms with Gasteiger partial charge in [-0.2, -0.15) is 0 Å². The number of likely N-dealkylation sites (tertiary alicyclic amines) is 1. The maximum Gasteiger partial charge on any atom is 0.228 e. The van der Waals surface area contributed by atoms with E-state index in [-0.39, 0.29) is 17.9 Å². The quantitative estimate of drug-likeness (QED) is 0.678. The fourth-order valence-corrected chi connectivity index (χ4v) is 5.41. The van der Waals surface area contributed by atoms with E-state index in [1.165, 1.54) is 11.1 Å². The van der Waals surface area contributed by atoms with Crippen LogP contribution >= 0.6 is 0 Å². The average molecular weight is 449 g/mol. The zero-order valence-corrected chi connectivity index (χ0v) is 19.9. The molecule has 2 aromatic rings. The Morgan fingerprint density at radius 2 is 1.91 bits per heavy atom. The van der Waals surface area contributed by atoms with Gasteiger partial charge in [-0.15, -0.1) is 0 Å². The van der Waals surface area contributed by atoms with Crippen LogP contribution in [0.4, 0.5) is 0 Å². The number of hydrogen-bond acceptors (Lipinski definition) is 3. The van der Waals surface area contributed by atoms with E-state index in [0.29, 0.717) is 19.4 Å². The monoisotopic (exact) mass is 448 g/mol. The van der Waals surface area contributed by atoms with E-state index in [9.17, 15) is 9.59 Å². The number of piperidine rings is 1. The predicted molar refractivity (Wildman–Crippen MR) is 131 cm³/mol. The highest BCUT2D eigenvalue weighted by Crippen LogP contribution is 2.36. The van der Waals surface area contributed by atoms with Gasteiger partial charge >= 0.3 is 0 Å². The molecule has 2 aliphatic heterocycles. The number of rotatable bonds is 7. The van der Waals surface area contributed by atoms with Crippen LogP contribution in [0.3, 0.4) is 0 Å². The minimum atomic E-state index is -0.599. The van der Waals surface area contributed by atoms with Crippen molar-refractivity contribution in [1.82, 2.24) is 10.2 Å². The number of ether oxygens (including phenoxy) is 1. The Balaban J connectivity index is 1.50. The molecule has 2 aromatic carbocycles. The highest BCUT2D eigenvalue weighted by atomic mass is 16.5. The second kappa shape index (κ2) is 10.5. The molecule has 1 N–H and O–H groups in total. The molecular formula is C28H36N2O3. The molecule has 5 nitrogen and oxygen atoms in total. The molecular weight excluding hydrogens is 412 g/mol. The van der Waals surface area contributed by atoms with Gasteiger partial charge in [0.05, 0.1) is 11.5 Å². The molecule has 2 fully saturated rings. The molecule has 2 atom stereocenters. The second-order valence-electron chi connectivity index (χ2n) is 9.70. The van der Waals surface area contributed by atoms with Crippen molar-refractivity contribution in [2.45, 2.75) is 58.0 Å². The largest absolute Gasteiger partial charge is 0.378 e. The number of carbonyl (C=O) groups is 2. The fraction of sp³-hybridized carbons (Fsp3) is 0.500. The molecule has 0 saturated carbocycles. The van der Waals surface area contributed by atoms with Gasteiger partial charge in [-0.1, -0.05) is 54.1 Å². The van der Waals surface area contributed by atoms with Crippen LogP contribution in [0.25, 0.3) is 11.1 Å². The van der Waals surface area contributed by atoms with E-state index >= 15 is 0 Å². The van der Waals surface area contributed by atoms with Gasteiger partial charge in [0.1, 0.15) is 0 Å². The summed E-state index contributed by atoms with van der Waals surface area (Å²) >= 11 is 0. The number of hydrogen-bond donors (Lipinski definition) is 1. The molecule has 2 unspecified atom stereocenters. The third-order valence-corrected chi connectivity index (χ3v) is 7.16. The van der Waals surface area contributed by atoms with E-state index in [1.54, 1.807) is 7.05 Å². The lowest BCUT2D eigenvalue weighted by molar-refractivity contribution is -0.141. The number of nitrogens with zero attached hydrogens (tertiary/aromatic N) is 1. The minimum absolute atomic E-state index is 0.0279. The van der Waals surface area contributed by atoms with E-state index in [0.717, 1.165) is 56.4 Å². The van der Waals surface area contributed by atoms with E-state index in [2.05, 4.69) is 60.8 Å². The van der Waals surface area contributed by atoms with Gasteiger partial charge in [-0.05, 0) is 62.1 Å². The van der Waals surface area contributed by atoms with Crippen LogP contribution in [0.5, 0.6) is 0 Å². The van der Waals surface area contributed by atoms with Gasteiger partial charge < -0.3 is 15.0 Å². The maximum atomic E-state index is 13.2. The predicted octanol–water partition coefficient (Wildman–Crippen LogP) is 4.52. The molecule has 0 aliphatic carbocycles. The number of benzene rings is 2. The fourth-order valence-electron chi connectivity index (χ4n) is 5.41. The summed E-state index contributed by atoms with van der Waals surface area (Å²) in [5.74, 6) is 0.173. The number of carbonyl (C=O) groups excluding carboxylic acids is 2. The van der Waals surface area contributed by atoms with Gasteiger partial charge in [-0.3, -0.25) is 9.59 Å². The van der Waals surface area contributed by atoms with Crippen molar-refractivity contribution in [3.8, 4) is 11.1 Å². The number of amides is 2.